The van der Waals surface area contributed by atoms with Gasteiger partial charge in [-0.3, -0.25) is 4.79 Å². The average Bonchev–Trinajstić information content (AvgIpc) is 2.90. The highest BCUT2D eigenvalue weighted by Crippen LogP contribution is 2.28. The molecule has 1 saturated carbocycles. The van der Waals surface area contributed by atoms with Crippen molar-refractivity contribution in [1.82, 2.24) is 10.5 Å². The third-order valence-corrected chi connectivity index (χ3v) is 3.15. The van der Waals surface area contributed by atoms with Gasteiger partial charge in [0.15, 0.2) is 5.69 Å². The minimum atomic E-state index is -0.191. The molecule has 16 heavy (non-hydrogen) atoms. The molecule has 5 heteroatoms. The van der Waals surface area contributed by atoms with Gasteiger partial charge in [0.25, 0.3) is 5.91 Å². The largest absolute Gasteiger partial charge is 0.396 e. The van der Waals surface area contributed by atoms with E-state index in [4.69, 9.17) is 5.11 Å². The van der Waals surface area contributed by atoms with Crippen LogP contribution in [0.1, 0.15) is 36.2 Å². The van der Waals surface area contributed by atoms with Crippen molar-refractivity contribution >= 4 is 5.91 Å². The maximum absolute atomic E-state index is 11.7. The molecular formula is C11H16N2O3. The van der Waals surface area contributed by atoms with Crippen LogP contribution < -0.4 is 5.32 Å². The Morgan fingerprint density at radius 2 is 2.50 bits per heavy atom. The first-order valence-electron chi connectivity index (χ1n) is 5.63. The van der Waals surface area contributed by atoms with Gasteiger partial charge < -0.3 is 14.9 Å². The van der Waals surface area contributed by atoms with E-state index >= 15 is 0 Å². The van der Waals surface area contributed by atoms with Crippen LogP contribution >= 0.6 is 0 Å². The van der Waals surface area contributed by atoms with E-state index < -0.39 is 0 Å². The van der Waals surface area contributed by atoms with Crippen LogP contribution in [0.4, 0.5) is 0 Å². The Hall–Kier alpha value is -1.36. The maximum atomic E-state index is 11.7. The summed E-state index contributed by atoms with van der Waals surface area (Å²) in [6.07, 6.45) is 5.30. The van der Waals surface area contributed by atoms with Gasteiger partial charge in [-0.05, 0) is 25.2 Å². The van der Waals surface area contributed by atoms with Crippen molar-refractivity contribution in [2.75, 3.05) is 6.61 Å². The number of nitrogens with one attached hydrogen (secondary N) is 1. The van der Waals surface area contributed by atoms with Crippen molar-refractivity contribution in [3.63, 3.8) is 0 Å². The molecule has 1 aromatic rings. The van der Waals surface area contributed by atoms with Crippen LogP contribution in [-0.4, -0.2) is 28.8 Å². The Morgan fingerprint density at radius 1 is 1.62 bits per heavy atom. The lowest BCUT2D eigenvalue weighted by atomic mass is 10.00. The number of carbonyl (C=O) groups is 1. The zero-order valence-electron chi connectivity index (χ0n) is 9.06. The topological polar surface area (TPSA) is 75.4 Å². The summed E-state index contributed by atoms with van der Waals surface area (Å²) in [7, 11) is 0. The van der Waals surface area contributed by atoms with Gasteiger partial charge in [0, 0.05) is 18.7 Å². The number of hydrogen-bond donors (Lipinski definition) is 2. The Morgan fingerprint density at radius 3 is 3.19 bits per heavy atom. The number of aliphatic hydroxyl groups is 1. The van der Waals surface area contributed by atoms with Gasteiger partial charge >= 0.3 is 0 Å². The van der Waals surface area contributed by atoms with Crippen molar-refractivity contribution in [1.29, 1.82) is 0 Å². The summed E-state index contributed by atoms with van der Waals surface area (Å²) >= 11 is 0. The maximum Gasteiger partial charge on any atom is 0.273 e. The SMILES string of the molecule is O=C(NC1CCCC1CCO)c1ccon1. The summed E-state index contributed by atoms with van der Waals surface area (Å²) in [4.78, 5) is 11.7. The molecule has 0 spiro atoms. The highest BCUT2D eigenvalue weighted by molar-refractivity contribution is 5.92. The Labute approximate surface area is 93.8 Å². The molecule has 0 aromatic carbocycles. The zero-order valence-corrected chi connectivity index (χ0v) is 9.06. The van der Waals surface area contributed by atoms with Crippen LogP contribution in [0.15, 0.2) is 16.9 Å². The van der Waals surface area contributed by atoms with Crippen molar-refractivity contribution in [2.45, 2.75) is 31.7 Å². The van der Waals surface area contributed by atoms with Gasteiger partial charge in [-0.2, -0.15) is 0 Å². The summed E-state index contributed by atoms with van der Waals surface area (Å²) in [5.74, 6) is 0.199. The average molecular weight is 224 g/mol. The molecule has 0 bridgehead atoms. The number of rotatable bonds is 4. The molecule has 1 amide bonds. The van der Waals surface area contributed by atoms with E-state index in [9.17, 15) is 4.79 Å². The normalized spacial score (nSPS) is 24.6. The van der Waals surface area contributed by atoms with Crippen molar-refractivity contribution in [2.24, 2.45) is 5.92 Å². The van der Waals surface area contributed by atoms with Gasteiger partial charge in [0.2, 0.25) is 0 Å². The molecular weight excluding hydrogens is 208 g/mol. The van der Waals surface area contributed by atoms with Crippen LogP contribution in [-0.2, 0) is 0 Å². The number of carbonyl (C=O) groups excluding carboxylic acids is 1. The molecule has 1 heterocycles. The zero-order chi connectivity index (χ0) is 11.4. The summed E-state index contributed by atoms with van der Waals surface area (Å²) in [5.41, 5.74) is 0.314. The highest BCUT2D eigenvalue weighted by Gasteiger charge is 2.28. The smallest absolute Gasteiger partial charge is 0.273 e. The number of nitrogens with zero attached hydrogens (tertiary/aromatic N) is 1. The molecule has 88 valence electrons. The summed E-state index contributed by atoms with van der Waals surface area (Å²) in [6.45, 7) is 0.182. The molecule has 5 nitrogen and oxygen atoms in total. The molecule has 1 fully saturated rings. The predicted octanol–water partition coefficient (Wildman–Crippen LogP) is 0.955. The second-order valence-corrected chi connectivity index (χ2v) is 4.17. The summed E-state index contributed by atoms with van der Waals surface area (Å²) in [6, 6.07) is 1.71. The van der Waals surface area contributed by atoms with E-state index in [0.717, 1.165) is 25.7 Å². The lowest BCUT2D eigenvalue weighted by Gasteiger charge is -2.19. The van der Waals surface area contributed by atoms with Crippen molar-refractivity contribution < 1.29 is 14.4 Å². The first-order valence-corrected chi connectivity index (χ1v) is 5.63. The van der Waals surface area contributed by atoms with Crippen LogP contribution in [0, 0.1) is 5.92 Å². The van der Waals surface area contributed by atoms with E-state index in [1.807, 2.05) is 0 Å². The first kappa shape index (κ1) is 11.1. The Bertz CT molecular complexity index is 337. The van der Waals surface area contributed by atoms with Gasteiger partial charge in [-0.25, -0.2) is 0 Å². The fourth-order valence-corrected chi connectivity index (χ4v) is 2.31. The number of aliphatic hydroxyl groups excluding tert-OH is 1. The summed E-state index contributed by atoms with van der Waals surface area (Å²) in [5, 5.41) is 15.5. The van der Waals surface area contributed by atoms with E-state index in [2.05, 4.69) is 15.0 Å². The fourth-order valence-electron chi connectivity index (χ4n) is 2.31. The first-order chi connectivity index (χ1) is 7.81. The van der Waals surface area contributed by atoms with Crippen LogP contribution in [0.25, 0.3) is 0 Å². The molecule has 2 unspecified atom stereocenters. The lowest BCUT2D eigenvalue weighted by molar-refractivity contribution is 0.0914. The van der Waals surface area contributed by atoms with Crippen LogP contribution in [0.2, 0.25) is 0 Å². The Balaban J connectivity index is 1.91. The number of amides is 1. The molecule has 2 atom stereocenters. The predicted molar refractivity (Wildman–Crippen MR) is 56.8 cm³/mol. The minimum absolute atomic E-state index is 0.163. The summed E-state index contributed by atoms with van der Waals surface area (Å²) < 4.78 is 4.62. The quantitative estimate of drug-likeness (QED) is 0.798. The molecule has 0 aliphatic heterocycles. The van der Waals surface area contributed by atoms with Gasteiger partial charge in [-0.15, -0.1) is 0 Å². The molecule has 0 radical (unpaired) electrons. The minimum Gasteiger partial charge on any atom is -0.396 e. The van der Waals surface area contributed by atoms with Crippen LogP contribution in [0.5, 0.6) is 0 Å². The van der Waals surface area contributed by atoms with Crippen molar-refractivity contribution in [3.8, 4) is 0 Å². The third-order valence-electron chi connectivity index (χ3n) is 3.15. The van der Waals surface area contributed by atoms with Crippen molar-refractivity contribution in [3.05, 3.63) is 18.0 Å². The molecule has 1 aliphatic carbocycles. The number of aromatic nitrogens is 1. The molecule has 2 rings (SSSR count). The monoisotopic (exact) mass is 224 g/mol. The second kappa shape index (κ2) is 5.12. The standard InChI is InChI=1S/C11H16N2O3/c14-6-4-8-2-1-3-9(8)12-11(15)10-5-7-16-13-10/h5,7-9,14H,1-4,6H2,(H,12,15). The van der Waals surface area contributed by atoms with Crippen LogP contribution in [0.3, 0.4) is 0 Å². The molecule has 1 aromatic heterocycles. The molecule has 1 aliphatic rings. The van der Waals surface area contributed by atoms with E-state index in [1.165, 1.54) is 6.26 Å². The van der Waals surface area contributed by atoms with Gasteiger partial charge in [0.05, 0.1) is 0 Å². The van der Waals surface area contributed by atoms with Gasteiger partial charge in [0.1, 0.15) is 6.26 Å². The van der Waals surface area contributed by atoms with E-state index in [1.54, 1.807) is 6.07 Å². The number of hydrogen-bond acceptors (Lipinski definition) is 4. The second-order valence-electron chi connectivity index (χ2n) is 4.17. The molecule has 0 saturated heterocycles. The highest BCUT2D eigenvalue weighted by atomic mass is 16.5. The fraction of sp³-hybridized carbons (Fsp3) is 0.636. The van der Waals surface area contributed by atoms with Gasteiger partial charge in [-0.1, -0.05) is 11.6 Å². The van der Waals surface area contributed by atoms with E-state index in [0.29, 0.717) is 11.6 Å². The lowest BCUT2D eigenvalue weighted by Crippen LogP contribution is -2.37. The molecule has 2 N–H and O–H groups in total. The Kier molecular flexibility index (Phi) is 3.56. The third kappa shape index (κ3) is 2.41. The van der Waals surface area contributed by atoms with E-state index in [-0.39, 0.29) is 18.6 Å².